The number of unbranched alkanes of at least 4 members (excludes halogenated alkanes) is 46. The summed E-state index contributed by atoms with van der Waals surface area (Å²) in [6.45, 7) is 2.81. The molecule has 0 aliphatic carbocycles. The van der Waals surface area contributed by atoms with Crippen LogP contribution in [0.1, 0.15) is 361 Å². The van der Waals surface area contributed by atoms with E-state index in [0.29, 0.717) is 12.8 Å². The maximum atomic E-state index is 13.4. The Hall–Kier alpha value is -2.57. The summed E-state index contributed by atoms with van der Waals surface area (Å²) in [6.07, 6.45) is 77.2. The van der Waals surface area contributed by atoms with Crippen molar-refractivity contribution in [3.05, 3.63) is 72.9 Å². The molecule has 0 aromatic rings. The molecule has 0 bridgehead atoms. The largest absolute Gasteiger partial charge is 0.394 e. The van der Waals surface area contributed by atoms with Gasteiger partial charge in [-0.1, -0.05) is 344 Å². The Morgan fingerprint density at radius 3 is 1.07 bits per heavy atom. The van der Waals surface area contributed by atoms with Gasteiger partial charge in [-0.3, -0.25) is 4.79 Å². The maximum absolute atomic E-state index is 13.4. The van der Waals surface area contributed by atoms with Gasteiger partial charge in [0.05, 0.1) is 32.0 Å². The zero-order valence-corrected chi connectivity index (χ0v) is 62.8. The first kappa shape index (κ1) is 91.5. The molecular formula is C84H153NO13. The van der Waals surface area contributed by atoms with Crippen LogP contribution in [0.3, 0.4) is 0 Å². The quantitative estimate of drug-likeness (QED) is 0.0204. The van der Waals surface area contributed by atoms with Crippen LogP contribution >= 0.6 is 0 Å². The van der Waals surface area contributed by atoms with Crippen molar-refractivity contribution in [3.63, 3.8) is 0 Å². The fraction of sp³-hybridized carbons (Fsp3) is 0.845. The molecule has 572 valence electrons. The number of nitrogens with one attached hydrogen (secondary N) is 1. The number of hydrogen-bond acceptors (Lipinski definition) is 13. The molecule has 98 heavy (non-hydrogen) atoms. The summed E-state index contributed by atoms with van der Waals surface area (Å²) in [4.78, 5) is 13.4. The Morgan fingerprint density at radius 1 is 0.367 bits per heavy atom. The summed E-state index contributed by atoms with van der Waals surface area (Å²) in [5, 5.41) is 87.6. The fourth-order valence-corrected chi connectivity index (χ4v) is 13.3. The van der Waals surface area contributed by atoms with Crippen molar-refractivity contribution in [3.8, 4) is 0 Å². The van der Waals surface area contributed by atoms with Crippen LogP contribution in [-0.4, -0.2) is 140 Å². The molecule has 12 atom stereocenters. The summed E-state index contributed by atoms with van der Waals surface area (Å²) in [5.74, 6) is -0.248. The van der Waals surface area contributed by atoms with E-state index in [1.54, 1.807) is 6.08 Å². The van der Waals surface area contributed by atoms with Crippen molar-refractivity contribution < 1.29 is 64.6 Å². The van der Waals surface area contributed by atoms with Gasteiger partial charge in [0, 0.05) is 6.42 Å². The Morgan fingerprint density at radius 2 is 0.684 bits per heavy atom. The second-order valence-electron chi connectivity index (χ2n) is 28.9. The molecule has 0 spiro atoms. The molecule has 9 N–H and O–H groups in total. The number of hydrogen-bond donors (Lipinski definition) is 9. The minimum absolute atomic E-state index is 0.248. The van der Waals surface area contributed by atoms with E-state index < -0.39 is 86.8 Å². The van der Waals surface area contributed by atoms with E-state index in [-0.39, 0.29) is 18.9 Å². The third kappa shape index (κ3) is 49.9. The molecule has 0 saturated carbocycles. The molecule has 14 heteroatoms. The first-order valence-electron chi connectivity index (χ1n) is 41.2. The molecule has 0 aromatic heterocycles. The first-order valence-corrected chi connectivity index (χ1v) is 41.2. The van der Waals surface area contributed by atoms with Gasteiger partial charge in [0.1, 0.15) is 48.8 Å². The van der Waals surface area contributed by atoms with Gasteiger partial charge in [0.2, 0.25) is 5.91 Å². The topological polar surface area (TPSA) is 228 Å². The van der Waals surface area contributed by atoms with Gasteiger partial charge in [0.15, 0.2) is 12.6 Å². The second-order valence-corrected chi connectivity index (χ2v) is 28.9. The minimum Gasteiger partial charge on any atom is -0.394 e. The highest BCUT2D eigenvalue weighted by atomic mass is 16.7. The van der Waals surface area contributed by atoms with E-state index in [2.05, 4.69) is 79.9 Å². The third-order valence-electron chi connectivity index (χ3n) is 19.8. The van der Waals surface area contributed by atoms with Crippen LogP contribution in [0.15, 0.2) is 72.9 Å². The molecule has 2 aliphatic heterocycles. The third-order valence-corrected chi connectivity index (χ3v) is 19.8. The van der Waals surface area contributed by atoms with Crippen LogP contribution in [0.5, 0.6) is 0 Å². The highest BCUT2D eigenvalue weighted by molar-refractivity contribution is 5.76. The predicted molar refractivity (Wildman–Crippen MR) is 406 cm³/mol. The normalized spacial score (nSPS) is 22.4. The molecule has 2 aliphatic rings. The summed E-state index contributed by atoms with van der Waals surface area (Å²) < 4.78 is 22.9. The summed E-state index contributed by atoms with van der Waals surface area (Å²) in [7, 11) is 0. The standard InChI is InChI=1S/C84H153NO13/c1-3-5-7-9-11-13-15-17-19-21-23-25-27-28-29-30-31-32-33-34-35-36-37-38-39-40-41-42-43-44-46-48-50-52-54-56-58-60-62-64-66-68-76(89)85-72(71-95-83-81(94)79(92)82(75(70-87)97-83)98-84-80(93)78(91)77(90)74(69-86)96-84)73(88)67-65-63-61-59-57-55-53-51-49-47-45-26-24-22-20-18-16-14-12-10-8-6-4-2/h15,17,21,23,27-28,49,51,57,59,65,67,72-75,77-84,86-88,90-94H,3-14,16,18-20,22,24-26,29-48,50,52-56,58,60-64,66,68-71H2,1-2H3,(H,85,89)/b17-15-,23-21-,28-27-,51-49+,59-57+,67-65+. The van der Waals surface area contributed by atoms with E-state index in [9.17, 15) is 45.6 Å². The average Bonchev–Trinajstić information content (AvgIpc) is 0.793. The van der Waals surface area contributed by atoms with E-state index in [1.807, 2.05) is 6.08 Å². The van der Waals surface area contributed by atoms with E-state index >= 15 is 0 Å². The van der Waals surface area contributed by atoms with Crippen molar-refractivity contribution in [2.75, 3.05) is 19.8 Å². The summed E-state index contributed by atoms with van der Waals surface area (Å²) >= 11 is 0. The molecular weight excluding hydrogens is 1230 g/mol. The van der Waals surface area contributed by atoms with E-state index in [1.165, 1.54) is 270 Å². The number of carbonyl (C=O) groups excluding carboxylic acids is 1. The molecule has 0 radical (unpaired) electrons. The highest BCUT2D eigenvalue weighted by Crippen LogP contribution is 2.30. The number of carbonyl (C=O) groups is 1. The molecule has 0 aromatic carbocycles. The smallest absolute Gasteiger partial charge is 0.220 e. The lowest BCUT2D eigenvalue weighted by Gasteiger charge is -2.46. The molecule has 12 unspecified atom stereocenters. The zero-order chi connectivity index (χ0) is 70.8. The van der Waals surface area contributed by atoms with Crippen LogP contribution in [0.25, 0.3) is 0 Å². The number of amides is 1. The van der Waals surface area contributed by atoms with Gasteiger partial charge in [-0.05, 0) is 83.5 Å². The van der Waals surface area contributed by atoms with Crippen LogP contribution in [0, 0.1) is 0 Å². The SMILES string of the molecule is CCCCCCC/C=C\C/C=C\C/C=C\CCCCCCCCCCCCCCCCCCCCCCCCCCCCC(=O)NC(COC1OC(CO)C(OC2OC(CO)C(O)C(O)C2O)C(O)C1O)C(O)/C=C/CC/C=C/CC/C=C/CCCCCCCCCCCCCCC. The molecule has 2 fully saturated rings. The van der Waals surface area contributed by atoms with Crippen LogP contribution < -0.4 is 5.32 Å². The number of ether oxygens (including phenoxy) is 4. The number of rotatable bonds is 69. The van der Waals surface area contributed by atoms with Crippen LogP contribution in [-0.2, 0) is 23.7 Å². The Labute approximate surface area is 599 Å². The van der Waals surface area contributed by atoms with Gasteiger partial charge in [-0.25, -0.2) is 0 Å². The lowest BCUT2D eigenvalue weighted by molar-refractivity contribution is -0.359. The van der Waals surface area contributed by atoms with Gasteiger partial charge in [0.25, 0.3) is 0 Å². The molecule has 2 heterocycles. The molecule has 1 amide bonds. The van der Waals surface area contributed by atoms with Crippen molar-refractivity contribution in [1.82, 2.24) is 5.32 Å². The average molecular weight is 1390 g/mol. The lowest BCUT2D eigenvalue weighted by Crippen LogP contribution is -2.65. The predicted octanol–water partition coefficient (Wildman–Crippen LogP) is 18.9. The van der Waals surface area contributed by atoms with Gasteiger partial charge in [-0.15, -0.1) is 0 Å². The second kappa shape index (κ2) is 67.6. The van der Waals surface area contributed by atoms with Crippen molar-refractivity contribution >= 4 is 5.91 Å². The van der Waals surface area contributed by atoms with Crippen molar-refractivity contribution in [1.29, 1.82) is 0 Å². The minimum atomic E-state index is -1.79. The van der Waals surface area contributed by atoms with Gasteiger partial charge < -0.3 is 65.1 Å². The number of aliphatic hydroxyl groups excluding tert-OH is 8. The first-order chi connectivity index (χ1) is 48.1. The van der Waals surface area contributed by atoms with Crippen molar-refractivity contribution in [2.45, 2.75) is 434 Å². The fourth-order valence-electron chi connectivity index (χ4n) is 13.3. The monoisotopic (exact) mass is 1380 g/mol. The lowest BCUT2D eigenvalue weighted by atomic mass is 9.97. The molecule has 2 rings (SSSR count). The van der Waals surface area contributed by atoms with Crippen LogP contribution in [0.2, 0.25) is 0 Å². The Bertz CT molecular complexity index is 1920. The Kier molecular flexibility index (Phi) is 63.1. The van der Waals surface area contributed by atoms with E-state index in [4.69, 9.17) is 18.9 Å². The highest BCUT2D eigenvalue weighted by Gasteiger charge is 2.51. The van der Waals surface area contributed by atoms with E-state index in [0.717, 1.165) is 57.8 Å². The Balaban J connectivity index is 1.58. The van der Waals surface area contributed by atoms with Crippen LogP contribution in [0.4, 0.5) is 0 Å². The zero-order valence-electron chi connectivity index (χ0n) is 62.8. The van der Waals surface area contributed by atoms with Gasteiger partial charge in [-0.2, -0.15) is 0 Å². The maximum Gasteiger partial charge on any atom is 0.220 e. The number of aliphatic hydroxyl groups is 8. The summed E-state index contributed by atoms with van der Waals surface area (Å²) in [5.41, 5.74) is 0. The summed E-state index contributed by atoms with van der Waals surface area (Å²) in [6, 6.07) is -0.940. The molecule has 2 saturated heterocycles. The van der Waals surface area contributed by atoms with Gasteiger partial charge >= 0.3 is 0 Å². The number of allylic oxidation sites excluding steroid dienone is 11. The molecule has 14 nitrogen and oxygen atoms in total. The van der Waals surface area contributed by atoms with Crippen molar-refractivity contribution in [2.24, 2.45) is 0 Å².